The van der Waals surface area contributed by atoms with E-state index < -0.39 is 14.9 Å². The van der Waals surface area contributed by atoms with Gasteiger partial charge < -0.3 is 0 Å². The summed E-state index contributed by atoms with van der Waals surface area (Å²) >= 11 is 0. The third kappa shape index (κ3) is 4.07. The SMILES string of the molecule is O=[N+]([O-])c1cccc(S(=O)(=O)NCCc2ccccn2)c1. The van der Waals surface area contributed by atoms with Crippen LogP contribution in [0.25, 0.3) is 0 Å². The molecule has 0 saturated carbocycles. The van der Waals surface area contributed by atoms with E-state index in [0.29, 0.717) is 6.42 Å². The summed E-state index contributed by atoms with van der Waals surface area (Å²) in [5.74, 6) is 0. The van der Waals surface area contributed by atoms with Gasteiger partial charge in [0.2, 0.25) is 10.0 Å². The summed E-state index contributed by atoms with van der Waals surface area (Å²) in [7, 11) is -3.77. The average Bonchev–Trinajstić information content (AvgIpc) is 2.48. The minimum atomic E-state index is -3.77. The van der Waals surface area contributed by atoms with Gasteiger partial charge in [0.1, 0.15) is 0 Å². The van der Waals surface area contributed by atoms with E-state index in [1.807, 2.05) is 6.07 Å². The molecule has 110 valence electrons. The van der Waals surface area contributed by atoms with Crippen molar-refractivity contribution in [1.82, 2.24) is 9.71 Å². The van der Waals surface area contributed by atoms with Crippen LogP contribution in [0.4, 0.5) is 5.69 Å². The summed E-state index contributed by atoms with van der Waals surface area (Å²) in [4.78, 5) is 14.0. The molecule has 2 aromatic rings. The first kappa shape index (κ1) is 15.1. The first-order valence-electron chi connectivity index (χ1n) is 6.13. The lowest BCUT2D eigenvalue weighted by Crippen LogP contribution is -2.26. The smallest absolute Gasteiger partial charge is 0.261 e. The van der Waals surface area contributed by atoms with E-state index in [-0.39, 0.29) is 17.1 Å². The zero-order chi connectivity index (χ0) is 15.3. The Morgan fingerprint density at radius 2 is 2.00 bits per heavy atom. The molecule has 21 heavy (non-hydrogen) atoms. The highest BCUT2D eigenvalue weighted by Crippen LogP contribution is 2.16. The molecule has 2 rings (SSSR count). The van der Waals surface area contributed by atoms with Crippen molar-refractivity contribution in [3.8, 4) is 0 Å². The predicted molar refractivity (Wildman–Crippen MR) is 76.2 cm³/mol. The highest BCUT2D eigenvalue weighted by molar-refractivity contribution is 7.89. The van der Waals surface area contributed by atoms with Gasteiger partial charge in [-0.1, -0.05) is 12.1 Å². The fourth-order valence-corrected chi connectivity index (χ4v) is 2.78. The molecule has 0 saturated heterocycles. The van der Waals surface area contributed by atoms with E-state index in [0.717, 1.165) is 11.8 Å². The van der Waals surface area contributed by atoms with Crippen molar-refractivity contribution in [2.24, 2.45) is 0 Å². The van der Waals surface area contributed by atoms with Crippen molar-refractivity contribution in [3.05, 3.63) is 64.5 Å². The second-order valence-corrected chi connectivity index (χ2v) is 5.99. The van der Waals surface area contributed by atoms with Gasteiger partial charge >= 0.3 is 0 Å². The molecule has 1 heterocycles. The summed E-state index contributed by atoms with van der Waals surface area (Å²) in [6.45, 7) is 0.169. The summed E-state index contributed by atoms with van der Waals surface area (Å²) in [5, 5.41) is 10.7. The number of non-ortho nitro benzene ring substituents is 1. The lowest BCUT2D eigenvalue weighted by Gasteiger charge is -2.06. The molecule has 0 unspecified atom stereocenters. The normalized spacial score (nSPS) is 11.2. The fourth-order valence-electron chi connectivity index (χ4n) is 1.71. The zero-order valence-electron chi connectivity index (χ0n) is 11.0. The highest BCUT2D eigenvalue weighted by atomic mass is 32.2. The number of benzene rings is 1. The van der Waals surface area contributed by atoms with Gasteiger partial charge in [0.25, 0.3) is 5.69 Å². The van der Waals surface area contributed by atoms with Crippen LogP contribution in [0.3, 0.4) is 0 Å². The van der Waals surface area contributed by atoms with Crippen LogP contribution in [0.5, 0.6) is 0 Å². The molecule has 1 N–H and O–H groups in total. The maximum Gasteiger partial charge on any atom is 0.270 e. The van der Waals surface area contributed by atoms with Gasteiger partial charge in [-0.3, -0.25) is 15.1 Å². The Morgan fingerprint density at radius 1 is 1.19 bits per heavy atom. The standard InChI is InChI=1S/C13H13N3O4S/c17-16(18)12-5-3-6-13(10-12)21(19,20)15-9-7-11-4-1-2-8-14-11/h1-6,8,10,15H,7,9H2. The maximum absolute atomic E-state index is 12.0. The number of nitrogens with zero attached hydrogens (tertiary/aromatic N) is 2. The predicted octanol–water partition coefficient (Wildman–Crippen LogP) is 1.51. The molecule has 0 bridgehead atoms. The minimum absolute atomic E-state index is 0.127. The molecule has 0 amide bonds. The monoisotopic (exact) mass is 307 g/mol. The number of hydrogen-bond acceptors (Lipinski definition) is 5. The number of rotatable bonds is 6. The summed E-state index contributed by atoms with van der Waals surface area (Å²) in [6, 6.07) is 10.3. The Hall–Kier alpha value is -2.32. The highest BCUT2D eigenvalue weighted by Gasteiger charge is 2.17. The van der Waals surface area contributed by atoms with Crippen LogP contribution in [0, 0.1) is 10.1 Å². The van der Waals surface area contributed by atoms with Crippen molar-refractivity contribution in [2.45, 2.75) is 11.3 Å². The van der Waals surface area contributed by atoms with Crippen LogP contribution in [-0.2, 0) is 16.4 Å². The topological polar surface area (TPSA) is 102 Å². The zero-order valence-corrected chi connectivity index (χ0v) is 11.8. The summed E-state index contributed by atoms with van der Waals surface area (Å²) in [6.07, 6.45) is 2.07. The van der Waals surface area contributed by atoms with Gasteiger partial charge in [-0.15, -0.1) is 0 Å². The molecule has 0 aliphatic rings. The fraction of sp³-hybridized carbons (Fsp3) is 0.154. The van der Waals surface area contributed by atoms with Crippen LogP contribution >= 0.6 is 0 Å². The molecule has 7 nitrogen and oxygen atoms in total. The number of hydrogen-bond donors (Lipinski definition) is 1. The van der Waals surface area contributed by atoms with Crippen LogP contribution in [0.15, 0.2) is 53.6 Å². The van der Waals surface area contributed by atoms with Crippen LogP contribution in [-0.4, -0.2) is 24.9 Å². The van der Waals surface area contributed by atoms with Crippen LogP contribution in [0.2, 0.25) is 0 Å². The van der Waals surface area contributed by atoms with Gasteiger partial charge in [0, 0.05) is 37.0 Å². The van der Waals surface area contributed by atoms with Crippen molar-refractivity contribution in [1.29, 1.82) is 0 Å². The van der Waals surface area contributed by atoms with Crippen LogP contribution < -0.4 is 4.72 Å². The first-order valence-corrected chi connectivity index (χ1v) is 7.61. The van der Waals surface area contributed by atoms with Gasteiger partial charge in [0.05, 0.1) is 9.82 Å². The maximum atomic E-state index is 12.0. The molecule has 0 fully saturated rings. The molecule has 0 atom stereocenters. The number of nitro benzene ring substituents is 1. The van der Waals surface area contributed by atoms with Crippen LogP contribution in [0.1, 0.15) is 5.69 Å². The Bertz CT molecular complexity index is 732. The van der Waals surface area contributed by atoms with E-state index in [4.69, 9.17) is 0 Å². The minimum Gasteiger partial charge on any atom is -0.261 e. The Balaban J connectivity index is 2.05. The number of nitrogens with one attached hydrogen (secondary N) is 1. The molecule has 1 aromatic carbocycles. The molecular weight excluding hydrogens is 294 g/mol. The molecule has 0 aliphatic carbocycles. The van der Waals surface area contributed by atoms with E-state index in [2.05, 4.69) is 9.71 Å². The van der Waals surface area contributed by atoms with Gasteiger partial charge in [-0.2, -0.15) is 0 Å². The third-order valence-corrected chi connectivity index (χ3v) is 4.20. The molecule has 0 radical (unpaired) electrons. The van der Waals surface area contributed by atoms with Crippen molar-refractivity contribution >= 4 is 15.7 Å². The quantitative estimate of drug-likeness (QED) is 0.643. The van der Waals surface area contributed by atoms with Gasteiger partial charge in [0.15, 0.2) is 0 Å². The third-order valence-electron chi connectivity index (χ3n) is 2.74. The van der Waals surface area contributed by atoms with E-state index in [1.54, 1.807) is 18.3 Å². The second-order valence-electron chi connectivity index (χ2n) is 4.22. The lowest BCUT2D eigenvalue weighted by atomic mass is 10.3. The molecular formula is C13H13N3O4S. The molecule has 0 aliphatic heterocycles. The van der Waals surface area contributed by atoms with Crippen molar-refractivity contribution in [2.75, 3.05) is 6.54 Å². The molecule has 1 aromatic heterocycles. The first-order chi connectivity index (χ1) is 9.99. The average molecular weight is 307 g/mol. The number of sulfonamides is 1. The van der Waals surface area contributed by atoms with E-state index in [9.17, 15) is 18.5 Å². The van der Waals surface area contributed by atoms with Crippen molar-refractivity contribution in [3.63, 3.8) is 0 Å². The Morgan fingerprint density at radius 3 is 2.67 bits per heavy atom. The van der Waals surface area contributed by atoms with Gasteiger partial charge in [-0.25, -0.2) is 13.1 Å². The Kier molecular flexibility index (Phi) is 4.61. The van der Waals surface area contributed by atoms with E-state index in [1.165, 1.54) is 18.2 Å². The number of nitro groups is 1. The summed E-state index contributed by atoms with van der Waals surface area (Å²) < 4.78 is 26.5. The summed E-state index contributed by atoms with van der Waals surface area (Å²) in [5.41, 5.74) is 0.502. The van der Waals surface area contributed by atoms with Gasteiger partial charge in [-0.05, 0) is 18.2 Å². The molecule has 0 spiro atoms. The van der Waals surface area contributed by atoms with E-state index >= 15 is 0 Å². The molecule has 8 heteroatoms. The van der Waals surface area contributed by atoms with Crippen molar-refractivity contribution < 1.29 is 13.3 Å². The number of pyridine rings is 1. The lowest BCUT2D eigenvalue weighted by molar-refractivity contribution is -0.385. The Labute approximate surface area is 121 Å². The second kappa shape index (κ2) is 6.42. The number of aromatic nitrogens is 1. The largest absolute Gasteiger partial charge is 0.270 e.